The minimum Gasteiger partial charge on any atom is -0.234 e. The molecule has 0 spiro atoms. The van der Waals surface area contributed by atoms with Crippen molar-refractivity contribution >= 4 is 5.65 Å². The van der Waals surface area contributed by atoms with Gasteiger partial charge in [0.15, 0.2) is 5.65 Å². The summed E-state index contributed by atoms with van der Waals surface area (Å²) in [4.78, 5) is 4.35. The molecule has 0 bridgehead atoms. The van der Waals surface area contributed by atoms with Gasteiger partial charge in [-0.25, -0.2) is 9.50 Å². The van der Waals surface area contributed by atoms with Crippen molar-refractivity contribution in [3.63, 3.8) is 0 Å². The van der Waals surface area contributed by atoms with Gasteiger partial charge < -0.3 is 0 Å². The summed E-state index contributed by atoms with van der Waals surface area (Å²) in [5.41, 5.74) is 2.03. The Morgan fingerprint density at radius 2 is 2.08 bits per heavy atom. The van der Waals surface area contributed by atoms with Crippen LogP contribution in [0, 0.1) is 0 Å². The Morgan fingerprint density at radius 1 is 1.31 bits per heavy atom. The second-order valence-electron chi connectivity index (χ2n) is 2.41. The van der Waals surface area contributed by atoms with Gasteiger partial charge >= 0.3 is 0 Å². The van der Waals surface area contributed by atoms with Crippen LogP contribution in [0.1, 0.15) is 26.5 Å². The molecule has 0 amide bonds. The summed E-state index contributed by atoms with van der Waals surface area (Å²) < 4.78 is 1.76. The molecule has 0 unspecified atom stereocenters. The quantitative estimate of drug-likeness (QED) is 0.669. The minimum absolute atomic E-state index is 0.921. The molecule has 0 aliphatic carbocycles. The fourth-order valence-electron chi connectivity index (χ4n) is 1.05. The van der Waals surface area contributed by atoms with Crippen LogP contribution in [0.15, 0.2) is 24.5 Å². The summed E-state index contributed by atoms with van der Waals surface area (Å²) in [5, 5.41) is 4.05. The average Bonchev–Trinajstić information content (AvgIpc) is 2.67. The molecule has 0 atom stereocenters. The summed E-state index contributed by atoms with van der Waals surface area (Å²) in [6.07, 6.45) is 4.66. The zero-order valence-corrected chi connectivity index (χ0v) is 8.36. The highest BCUT2D eigenvalue weighted by molar-refractivity contribution is 5.36. The molecule has 2 rings (SSSR count). The predicted octanol–water partition coefficient (Wildman–Crippen LogP) is 2.32. The Labute approximate surface area is 78.4 Å². The molecule has 0 saturated carbocycles. The molecule has 0 aliphatic rings. The Bertz CT molecular complexity index is 365. The largest absolute Gasteiger partial charge is 0.234 e. The van der Waals surface area contributed by atoms with Crippen molar-refractivity contribution in [1.82, 2.24) is 14.6 Å². The van der Waals surface area contributed by atoms with Gasteiger partial charge in [0.2, 0.25) is 0 Å². The molecular weight excluding hydrogens is 162 g/mol. The van der Waals surface area contributed by atoms with Crippen molar-refractivity contribution in [2.24, 2.45) is 0 Å². The molecule has 0 N–H and O–H groups in total. The Balaban J connectivity index is 0.000000396. The SMILES string of the molecule is CC.CCc1ccn2nccc2n1. The molecule has 0 aliphatic heterocycles. The highest BCUT2D eigenvalue weighted by Crippen LogP contribution is 2.00. The van der Waals surface area contributed by atoms with Gasteiger partial charge in [0, 0.05) is 18.0 Å². The third-order valence-corrected chi connectivity index (χ3v) is 1.68. The third kappa shape index (κ3) is 2.05. The van der Waals surface area contributed by atoms with E-state index in [2.05, 4.69) is 17.0 Å². The van der Waals surface area contributed by atoms with E-state index in [4.69, 9.17) is 0 Å². The summed E-state index contributed by atoms with van der Waals surface area (Å²) in [6.45, 7) is 6.09. The molecule has 2 heterocycles. The van der Waals surface area contributed by atoms with E-state index in [1.54, 1.807) is 10.7 Å². The van der Waals surface area contributed by atoms with Crippen LogP contribution in [0.2, 0.25) is 0 Å². The number of nitrogens with zero attached hydrogens (tertiary/aromatic N) is 3. The lowest BCUT2D eigenvalue weighted by Crippen LogP contribution is -1.92. The summed E-state index contributed by atoms with van der Waals surface area (Å²) in [6, 6.07) is 3.89. The van der Waals surface area contributed by atoms with Crippen LogP contribution in [-0.2, 0) is 6.42 Å². The maximum atomic E-state index is 4.35. The van der Waals surface area contributed by atoms with Crippen molar-refractivity contribution in [3.8, 4) is 0 Å². The van der Waals surface area contributed by atoms with E-state index >= 15 is 0 Å². The summed E-state index contributed by atoms with van der Waals surface area (Å²) in [5.74, 6) is 0. The molecule has 0 fully saturated rings. The Hall–Kier alpha value is -1.38. The third-order valence-electron chi connectivity index (χ3n) is 1.68. The zero-order chi connectivity index (χ0) is 9.68. The van der Waals surface area contributed by atoms with Crippen molar-refractivity contribution < 1.29 is 0 Å². The van der Waals surface area contributed by atoms with Crippen molar-refractivity contribution in [3.05, 3.63) is 30.2 Å². The maximum Gasteiger partial charge on any atom is 0.155 e. The molecule has 2 aromatic rings. The summed E-state index contributed by atoms with van der Waals surface area (Å²) in [7, 11) is 0. The number of aromatic nitrogens is 3. The molecule has 3 nitrogen and oxygen atoms in total. The van der Waals surface area contributed by atoms with Crippen LogP contribution in [-0.4, -0.2) is 14.6 Å². The van der Waals surface area contributed by atoms with Crippen LogP contribution < -0.4 is 0 Å². The number of fused-ring (bicyclic) bond motifs is 1. The first kappa shape index (κ1) is 9.71. The monoisotopic (exact) mass is 177 g/mol. The van der Waals surface area contributed by atoms with E-state index < -0.39 is 0 Å². The van der Waals surface area contributed by atoms with Crippen LogP contribution in [0.3, 0.4) is 0 Å². The molecule has 0 radical (unpaired) electrons. The van der Waals surface area contributed by atoms with Gasteiger partial charge in [0.05, 0.1) is 6.20 Å². The lowest BCUT2D eigenvalue weighted by Gasteiger charge is -1.95. The van der Waals surface area contributed by atoms with Gasteiger partial charge in [-0.3, -0.25) is 0 Å². The average molecular weight is 177 g/mol. The van der Waals surface area contributed by atoms with Crippen LogP contribution >= 0.6 is 0 Å². The van der Waals surface area contributed by atoms with Crippen LogP contribution in [0.25, 0.3) is 5.65 Å². The Morgan fingerprint density at radius 3 is 2.77 bits per heavy atom. The molecule has 2 aromatic heterocycles. The van der Waals surface area contributed by atoms with E-state index in [9.17, 15) is 0 Å². The second-order valence-corrected chi connectivity index (χ2v) is 2.41. The smallest absolute Gasteiger partial charge is 0.155 e. The lowest BCUT2D eigenvalue weighted by atomic mass is 10.3. The topological polar surface area (TPSA) is 30.2 Å². The van der Waals surface area contributed by atoms with Gasteiger partial charge in [0.25, 0.3) is 0 Å². The van der Waals surface area contributed by atoms with E-state index in [0.717, 1.165) is 17.8 Å². The van der Waals surface area contributed by atoms with Gasteiger partial charge in [0.1, 0.15) is 0 Å². The van der Waals surface area contributed by atoms with E-state index in [1.165, 1.54) is 0 Å². The van der Waals surface area contributed by atoms with Crippen molar-refractivity contribution in [2.45, 2.75) is 27.2 Å². The number of aryl methyl sites for hydroxylation is 1. The van der Waals surface area contributed by atoms with Crippen LogP contribution in [0.4, 0.5) is 0 Å². The normalized spacial score (nSPS) is 9.46. The first-order valence-corrected chi connectivity index (χ1v) is 4.69. The lowest BCUT2D eigenvalue weighted by molar-refractivity contribution is 0.912. The fraction of sp³-hybridized carbons (Fsp3) is 0.400. The molecule has 70 valence electrons. The minimum atomic E-state index is 0.921. The first-order chi connectivity index (χ1) is 6.40. The van der Waals surface area contributed by atoms with Crippen molar-refractivity contribution in [1.29, 1.82) is 0 Å². The van der Waals surface area contributed by atoms with E-state index in [0.29, 0.717) is 0 Å². The Kier molecular flexibility index (Phi) is 3.43. The molecule has 3 heteroatoms. The van der Waals surface area contributed by atoms with E-state index in [-0.39, 0.29) is 0 Å². The number of hydrogen-bond donors (Lipinski definition) is 0. The fourth-order valence-corrected chi connectivity index (χ4v) is 1.05. The number of hydrogen-bond acceptors (Lipinski definition) is 2. The van der Waals surface area contributed by atoms with E-state index in [1.807, 2.05) is 32.2 Å². The van der Waals surface area contributed by atoms with Crippen LogP contribution in [0.5, 0.6) is 0 Å². The molecular formula is C10H15N3. The molecule has 13 heavy (non-hydrogen) atoms. The van der Waals surface area contributed by atoms with Gasteiger partial charge in [-0.15, -0.1) is 0 Å². The van der Waals surface area contributed by atoms with Gasteiger partial charge in [-0.2, -0.15) is 5.10 Å². The van der Waals surface area contributed by atoms with Gasteiger partial charge in [-0.1, -0.05) is 20.8 Å². The highest BCUT2D eigenvalue weighted by Gasteiger charge is 1.94. The second kappa shape index (κ2) is 4.60. The number of rotatable bonds is 1. The van der Waals surface area contributed by atoms with Gasteiger partial charge in [-0.05, 0) is 12.5 Å². The summed E-state index contributed by atoms with van der Waals surface area (Å²) >= 11 is 0. The molecule has 0 aromatic carbocycles. The van der Waals surface area contributed by atoms with Crippen molar-refractivity contribution in [2.75, 3.05) is 0 Å². The molecule has 0 saturated heterocycles. The maximum absolute atomic E-state index is 4.35. The standard InChI is InChI=1S/C8H9N3.C2H6/c1-2-7-4-6-11-8(10-7)3-5-9-11;1-2/h3-6H,2H2,1H3;1-2H3. The zero-order valence-electron chi connectivity index (χ0n) is 8.36. The highest BCUT2D eigenvalue weighted by atomic mass is 15.2. The first-order valence-electron chi connectivity index (χ1n) is 4.69. The predicted molar refractivity (Wildman–Crippen MR) is 53.7 cm³/mol.